The van der Waals surface area contributed by atoms with Gasteiger partial charge in [0.15, 0.2) is 0 Å². The minimum Gasteiger partial charge on any atom is -0.369 e. The molecule has 0 radical (unpaired) electrons. The summed E-state index contributed by atoms with van der Waals surface area (Å²) in [5.74, 6) is 1.88. The normalized spacial score (nSPS) is 18.9. The lowest BCUT2D eigenvalue weighted by molar-refractivity contribution is 0.232. The largest absolute Gasteiger partial charge is 0.369 e. The van der Waals surface area contributed by atoms with Gasteiger partial charge in [-0.15, -0.1) is 0 Å². The molecule has 2 heterocycles. The van der Waals surface area contributed by atoms with Crippen LogP contribution in [0.2, 0.25) is 0 Å². The lowest BCUT2D eigenvalue weighted by Crippen LogP contribution is -2.37. The van der Waals surface area contributed by atoms with Gasteiger partial charge in [0.25, 0.3) is 0 Å². The summed E-state index contributed by atoms with van der Waals surface area (Å²) in [4.78, 5) is 13.6. The number of likely N-dealkylation sites (N-methyl/N-ethyl adjacent to an activating group) is 1. The van der Waals surface area contributed by atoms with Crippen molar-refractivity contribution in [2.45, 2.75) is 33.2 Å². The van der Waals surface area contributed by atoms with Crippen molar-refractivity contribution < 1.29 is 0 Å². The zero-order chi connectivity index (χ0) is 14.5. The highest BCUT2D eigenvalue weighted by Gasteiger charge is 2.28. The van der Waals surface area contributed by atoms with E-state index in [0.717, 1.165) is 48.8 Å². The second-order valence-electron chi connectivity index (χ2n) is 5.00. The summed E-state index contributed by atoms with van der Waals surface area (Å²) in [5, 5.41) is 3.26. The fraction of sp³-hybridized carbons (Fsp3) is 0.714. The van der Waals surface area contributed by atoms with E-state index in [-0.39, 0.29) is 0 Å². The smallest absolute Gasteiger partial charge is 0.148 e. The summed E-state index contributed by atoms with van der Waals surface area (Å²) < 4.78 is 0.974. The van der Waals surface area contributed by atoms with Crippen molar-refractivity contribution in [2.75, 3.05) is 42.9 Å². The van der Waals surface area contributed by atoms with Gasteiger partial charge in [-0.05, 0) is 42.4 Å². The molecule has 1 unspecified atom stereocenters. The van der Waals surface area contributed by atoms with Crippen LogP contribution in [0.4, 0.5) is 11.6 Å². The highest BCUT2D eigenvalue weighted by Crippen LogP contribution is 2.32. The van der Waals surface area contributed by atoms with Gasteiger partial charge in [0.1, 0.15) is 22.4 Å². The summed E-state index contributed by atoms with van der Waals surface area (Å²) in [5.41, 5.74) is 0. The number of hydrogen-bond donors (Lipinski definition) is 1. The van der Waals surface area contributed by atoms with Gasteiger partial charge < -0.3 is 10.2 Å². The second kappa shape index (κ2) is 7.22. The predicted molar refractivity (Wildman–Crippen MR) is 87.4 cm³/mol. The molecule has 1 aromatic rings. The first-order valence-electron chi connectivity index (χ1n) is 7.44. The molecule has 1 fully saturated rings. The quantitative estimate of drug-likeness (QED) is 0.861. The van der Waals surface area contributed by atoms with Gasteiger partial charge in [0.05, 0.1) is 0 Å². The number of hydrogen-bond acceptors (Lipinski definition) is 5. The first kappa shape index (κ1) is 15.5. The van der Waals surface area contributed by atoms with Crippen LogP contribution in [-0.4, -0.2) is 53.6 Å². The summed E-state index contributed by atoms with van der Waals surface area (Å²) in [6.45, 7) is 11.7. The molecule has 1 N–H and O–H groups in total. The van der Waals surface area contributed by atoms with Crippen LogP contribution < -0.4 is 10.2 Å². The Labute approximate surface area is 129 Å². The Balaban J connectivity index is 2.12. The Bertz CT molecular complexity index is 436. The van der Waals surface area contributed by atoms with Crippen molar-refractivity contribution in [1.29, 1.82) is 0 Å². The Morgan fingerprint density at radius 2 is 2.10 bits per heavy atom. The van der Waals surface area contributed by atoms with Crippen molar-refractivity contribution in [3.05, 3.63) is 10.8 Å². The van der Waals surface area contributed by atoms with E-state index in [9.17, 15) is 0 Å². The SMILES string of the molecule is CCNc1ncnc(N2CCC(N(CC)CC)C2)c1Br. The van der Waals surface area contributed by atoms with E-state index in [2.05, 4.69) is 61.8 Å². The van der Waals surface area contributed by atoms with Crippen LogP contribution in [0, 0.1) is 0 Å². The van der Waals surface area contributed by atoms with Gasteiger partial charge in [-0.3, -0.25) is 4.90 Å². The van der Waals surface area contributed by atoms with Crippen LogP contribution in [0.1, 0.15) is 27.2 Å². The van der Waals surface area contributed by atoms with E-state index >= 15 is 0 Å². The average molecular weight is 342 g/mol. The Hall–Kier alpha value is -0.880. The van der Waals surface area contributed by atoms with Crippen LogP contribution in [-0.2, 0) is 0 Å². The molecule has 6 heteroatoms. The molecule has 1 atom stereocenters. The fourth-order valence-electron chi connectivity index (χ4n) is 2.84. The van der Waals surface area contributed by atoms with E-state index in [0.29, 0.717) is 6.04 Å². The van der Waals surface area contributed by atoms with E-state index < -0.39 is 0 Å². The monoisotopic (exact) mass is 341 g/mol. The molecule has 1 aliphatic heterocycles. The number of nitrogens with zero attached hydrogens (tertiary/aromatic N) is 4. The van der Waals surface area contributed by atoms with Gasteiger partial charge in [-0.2, -0.15) is 0 Å². The van der Waals surface area contributed by atoms with E-state index in [1.165, 1.54) is 6.42 Å². The molecular weight excluding hydrogens is 318 g/mol. The lowest BCUT2D eigenvalue weighted by Gasteiger charge is -2.26. The molecular formula is C14H24BrN5. The first-order valence-corrected chi connectivity index (χ1v) is 8.23. The third-order valence-electron chi connectivity index (χ3n) is 3.91. The number of nitrogens with one attached hydrogen (secondary N) is 1. The molecule has 0 spiro atoms. The van der Waals surface area contributed by atoms with Crippen molar-refractivity contribution in [1.82, 2.24) is 14.9 Å². The summed E-state index contributed by atoms with van der Waals surface area (Å²) in [6, 6.07) is 0.634. The maximum absolute atomic E-state index is 4.46. The molecule has 2 rings (SSSR count). The molecule has 0 saturated carbocycles. The van der Waals surface area contributed by atoms with Crippen molar-refractivity contribution in [2.24, 2.45) is 0 Å². The predicted octanol–water partition coefficient (Wildman–Crippen LogP) is 2.59. The van der Waals surface area contributed by atoms with Crippen LogP contribution in [0.25, 0.3) is 0 Å². The standard InChI is InChI=1S/C14H24BrN5/c1-4-16-13-12(15)14(18-10-17-13)20-8-7-11(9-20)19(5-2)6-3/h10-11H,4-9H2,1-3H3,(H,16,17,18). The van der Waals surface area contributed by atoms with Crippen molar-refractivity contribution in [3.63, 3.8) is 0 Å². The topological polar surface area (TPSA) is 44.3 Å². The van der Waals surface area contributed by atoms with E-state index in [1.807, 2.05) is 0 Å². The van der Waals surface area contributed by atoms with Crippen molar-refractivity contribution in [3.8, 4) is 0 Å². The van der Waals surface area contributed by atoms with Crippen molar-refractivity contribution >= 4 is 27.6 Å². The molecule has 1 aromatic heterocycles. The second-order valence-corrected chi connectivity index (χ2v) is 5.79. The van der Waals surface area contributed by atoms with Gasteiger partial charge in [-0.1, -0.05) is 13.8 Å². The summed E-state index contributed by atoms with van der Waals surface area (Å²) >= 11 is 3.64. The third-order valence-corrected chi connectivity index (χ3v) is 4.64. The highest BCUT2D eigenvalue weighted by atomic mass is 79.9. The van der Waals surface area contributed by atoms with Crippen LogP contribution in [0.3, 0.4) is 0 Å². The molecule has 112 valence electrons. The van der Waals surface area contributed by atoms with Crippen LogP contribution in [0.15, 0.2) is 10.8 Å². The lowest BCUT2D eigenvalue weighted by atomic mass is 10.2. The minimum atomic E-state index is 0.634. The zero-order valence-electron chi connectivity index (χ0n) is 12.6. The third kappa shape index (κ3) is 3.23. The number of rotatable bonds is 6. The van der Waals surface area contributed by atoms with E-state index in [1.54, 1.807) is 6.33 Å². The molecule has 0 amide bonds. The number of anilines is 2. The molecule has 1 aliphatic rings. The molecule has 0 aromatic carbocycles. The van der Waals surface area contributed by atoms with Crippen LogP contribution >= 0.6 is 15.9 Å². The number of aromatic nitrogens is 2. The highest BCUT2D eigenvalue weighted by molar-refractivity contribution is 9.10. The van der Waals surface area contributed by atoms with Crippen LogP contribution in [0.5, 0.6) is 0 Å². The summed E-state index contributed by atoms with van der Waals surface area (Å²) in [7, 11) is 0. The molecule has 1 saturated heterocycles. The minimum absolute atomic E-state index is 0.634. The molecule has 20 heavy (non-hydrogen) atoms. The molecule has 0 bridgehead atoms. The van der Waals surface area contributed by atoms with Gasteiger partial charge in [0, 0.05) is 25.7 Å². The zero-order valence-corrected chi connectivity index (χ0v) is 14.2. The maximum Gasteiger partial charge on any atom is 0.148 e. The summed E-state index contributed by atoms with van der Waals surface area (Å²) in [6.07, 6.45) is 2.84. The Morgan fingerprint density at radius 3 is 2.75 bits per heavy atom. The van der Waals surface area contributed by atoms with E-state index in [4.69, 9.17) is 0 Å². The fourth-order valence-corrected chi connectivity index (χ4v) is 3.44. The molecule has 5 nitrogen and oxygen atoms in total. The number of halogens is 1. The molecule has 0 aliphatic carbocycles. The Kier molecular flexibility index (Phi) is 5.60. The van der Waals surface area contributed by atoms with Gasteiger partial charge in [-0.25, -0.2) is 9.97 Å². The maximum atomic E-state index is 4.46. The average Bonchev–Trinajstić information content (AvgIpc) is 2.92. The van der Waals surface area contributed by atoms with Gasteiger partial charge >= 0.3 is 0 Å². The van der Waals surface area contributed by atoms with Gasteiger partial charge in [0.2, 0.25) is 0 Å². The Morgan fingerprint density at radius 1 is 1.35 bits per heavy atom. The first-order chi connectivity index (χ1) is 9.71.